The van der Waals surface area contributed by atoms with Crippen molar-refractivity contribution in [3.8, 4) is 28.7 Å². The summed E-state index contributed by atoms with van der Waals surface area (Å²) >= 11 is 18.2. The lowest BCUT2D eigenvalue weighted by molar-refractivity contribution is -0.385. The van der Waals surface area contributed by atoms with E-state index in [2.05, 4.69) is 100 Å². The van der Waals surface area contributed by atoms with Crippen LogP contribution in [0, 0.1) is 78.5 Å². The number of carbonyl (C=O) groups is 9. The Morgan fingerprint density at radius 1 is 0.394 bits per heavy atom. The molecule has 127 heavy (non-hydrogen) atoms. The van der Waals surface area contributed by atoms with Gasteiger partial charge < -0.3 is 56.3 Å². The number of hydrogen-bond acceptors (Lipinski definition) is 35. The van der Waals surface area contributed by atoms with Crippen molar-refractivity contribution in [1.29, 1.82) is 0 Å². The van der Waals surface area contributed by atoms with Crippen molar-refractivity contribution < 1.29 is 144 Å². The molecule has 0 saturated carbocycles. The second kappa shape index (κ2) is 46.8. The molecule has 0 radical (unpaired) electrons. The van der Waals surface area contributed by atoms with Crippen molar-refractivity contribution in [1.82, 2.24) is 0 Å². The van der Waals surface area contributed by atoms with Crippen LogP contribution in [-0.2, 0) is 60.5 Å². The van der Waals surface area contributed by atoms with Gasteiger partial charge in [0.25, 0.3) is 0 Å². The van der Waals surface area contributed by atoms with Gasteiger partial charge in [-0.05, 0) is 321 Å². The zero-order chi connectivity index (χ0) is 94.8. The number of rotatable bonds is 30. The Bertz CT molecular complexity index is 6340. The second-order valence-corrected chi connectivity index (χ2v) is 41.0. The zero-order valence-electron chi connectivity index (χ0n) is 64.2. The highest BCUT2D eigenvalue weighted by molar-refractivity contribution is 14.1. The molecule has 1 atom stereocenters. The van der Waals surface area contributed by atoms with Gasteiger partial charge in [0.15, 0.2) is 0 Å². The van der Waals surface area contributed by atoms with Crippen LogP contribution in [0.1, 0.15) is 112 Å². The van der Waals surface area contributed by atoms with Crippen LogP contribution in [0.4, 0.5) is 33.2 Å². The van der Waals surface area contributed by atoms with Gasteiger partial charge in [0.1, 0.15) is 31.2 Å². The molecule has 52 heteroatoms. The summed E-state index contributed by atoms with van der Waals surface area (Å²) in [5.41, 5.74) is -2.93. The van der Waals surface area contributed by atoms with E-state index in [-0.39, 0.29) is 45.6 Å². The van der Waals surface area contributed by atoms with Gasteiger partial charge in [0.2, 0.25) is 23.0 Å². The molecule has 0 bridgehead atoms. The molecule has 9 aromatic carbocycles. The first-order chi connectivity index (χ1) is 59.1. The summed E-state index contributed by atoms with van der Waals surface area (Å²) in [6.45, 7) is 4.82. The molecule has 0 saturated heterocycles. The van der Waals surface area contributed by atoms with Gasteiger partial charge in [-0.15, -0.1) is 0 Å². The number of esters is 8. The summed E-state index contributed by atoms with van der Waals surface area (Å²) in [6, 6.07) is 29.0. The molecule has 9 rings (SSSR count). The lowest BCUT2D eigenvalue weighted by Gasteiger charge is -2.22. The monoisotopic (exact) mass is 2820 g/mol. The number of hydrogen-bond donors (Lipinski definition) is 1. The third-order valence-electron chi connectivity index (χ3n) is 16.0. The fourth-order valence-electron chi connectivity index (χ4n) is 10.2. The van der Waals surface area contributed by atoms with Crippen LogP contribution in [0.25, 0.3) is 10.8 Å². The van der Waals surface area contributed by atoms with Gasteiger partial charge in [-0.1, -0.05) is 31.2 Å². The van der Waals surface area contributed by atoms with Crippen LogP contribution >= 0.6 is 203 Å². The van der Waals surface area contributed by atoms with Crippen molar-refractivity contribution in [2.75, 3.05) is 42.4 Å². The Morgan fingerprint density at radius 2 is 0.772 bits per heavy atom. The predicted molar refractivity (Wildman–Crippen MR) is 517 cm³/mol. The zero-order valence-corrected chi connectivity index (χ0v) is 86.1. The van der Waals surface area contributed by atoms with Gasteiger partial charge in [-0.25, -0.2) is 63.6 Å². The van der Waals surface area contributed by atoms with Gasteiger partial charge in [-0.2, -0.15) is 0 Å². The number of anilines is 1. The largest absolute Gasteiger partial charge is 0.748 e. The van der Waals surface area contributed by atoms with Gasteiger partial charge in [-0.3, -0.25) is 50.6 Å². The summed E-state index contributed by atoms with van der Waals surface area (Å²) in [4.78, 5) is 157. The Labute approximate surface area is 840 Å². The number of nitrogens with one attached hydrogen (secondary N) is 1. The van der Waals surface area contributed by atoms with Crippen LogP contribution in [-0.4, -0.2) is 155 Å². The SMILES string of the molecule is CCC(Cc1c(I)cc(I)c(NC(=O)OC(C)(C)C)c1I)C(=O)Oc1cc(C(=O)OCCS(=O)(=O)[O-])ccc1[N+](=O)[O-].O=C(OCCS(=O)(=O)[O-])c1ccc(OC(=O)c2ccc([N+](=O)[O-])c(OC(=O)c3cc(I)cc(I)c3I)c2)c([N+](=O)[O-])c1.O=C(Oc1ccc(C(=O)OCCS(=O)(=O)[O-])c2ccccc12)c1ccc([N+](=O)[O-])c(OC(=O)c2cc(I)cc(I)c2I)c1. The number of ether oxygens (including phenoxy) is 9. The fourth-order valence-corrected chi connectivity index (χ4v) is 19.9. The molecule has 1 unspecified atom stereocenters. The average Bonchev–Trinajstić information content (AvgIpc) is 0.802. The van der Waals surface area contributed by atoms with Crippen molar-refractivity contribution in [2.45, 2.75) is 46.1 Å². The van der Waals surface area contributed by atoms with E-state index in [0.717, 1.165) is 90.1 Å². The maximum absolute atomic E-state index is 13.2. The normalized spacial score (nSPS) is 11.5. The third-order valence-corrected chi connectivity index (χ3v) is 28.3. The van der Waals surface area contributed by atoms with E-state index in [0.29, 0.717) is 43.2 Å². The maximum Gasteiger partial charge on any atom is 0.412 e. The first-order valence-corrected chi connectivity index (χ1v) is 49.1. The number of nitrogens with zero attached hydrogens (tertiary/aromatic N) is 4. The second-order valence-electron chi connectivity index (χ2n) is 26.0. The maximum atomic E-state index is 13.2. The molecule has 0 aliphatic rings. The summed E-state index contributed by atoms with van der Waals surface area (Å²) in [6.07, 6.45) is -0.173. The van der Waals surface area contributed by atoms with E-state index >= 15 is 0 Å². The highest BCUT2D eigenvalue weighted by atomic mass is 127. The number of fused-ring (bicyclic) bond motifs is 1. The van der Waals surface area contributed by atoms with Crippen molar-refractivity contribution in [2.24, 2.45) is 5.92 Å². The molecule has 9 aromatic rings. The summed E-state index contributed by atoms with van der Waals surface area (Å²) in [7, 11) is -13.9. The smallest absolute Gasteiger partial charge is 0.412 e. The lowest BCUT2D eigenvalue weighted by atomic mass is 9.96. The predicted octanol–water partition coefficient (Wildman–Crippen LogP) is 15.8. The molecule has 672 valence electrons. The molecule has 0 heterocycles. The molecule has 0 aliphatic heterocycles. The van der Waals surface area contributed by atoms with Crippen LogP contribution in [0.3, 0.4) is 0 Å². The Balaban J connectivity index is 0.000000261. The molecule has 0 aliphatic carbocycles. The number of carbonyl (C=O) groups excluding carboxylic acids is 9. The van der Waals surface area contributed by atoms with Gasteiger partial charge in [0.05, 0.1) is 118 Å². The highest BCUT2D eigenvalue weighted by Crippen LogP contribution is 2.39. The van der Waals surface area contributed by atoms with E-state index in [9.17, 15) is 123 Å². The first-order valence-electron chi connectivity index (χ1n) is 34.7. The van der Waals surface area contributed by atoms with Crippen molar-refractivity contribution in [3.05, 3.63) is 257 Å². The average molecular weight is 2820 g/mol. The summed E-state index contributed by atoms with van der Waals surface area (Å²) in [5.74, 6) is -13.6. The summed E-state index contributed by atoms with van der Waals surface area (Å²) in [5, 5.41) is 49.7. The molecular formula is C75H53I9N5O35S3-3. The lowest BCUT2D eigenvalue weighted by Crippen LogP contribution is -2.28. The van der Waals surface area contributed by atoms with Crippen LogP contribution < -0.4 is 29.0 Å². The topological polar surface area (TPSA) is 593 Å². The number of benzene rings is 9. The fraction of sp³-hybridized carbons (Fsp3) is 0.187. The van der Waals surface area contributed by atoms with Crippen molar-refractivity contribution >= 4 is 327 Å². The van der Waals surface area contributed by atoms with Crippen LogP contribution in [0.15, 0.2) is 140 Å². The molecular weight excluding hydrogens is 2770 g/mol. The Morgan fingerprint density at radius 3 is 1.19 bits per heavy atom. The number of nitro benzene ring substituents is 4. The molecule has 40 nitrogen and oxygen atoms in total. The van der Waals surface area contributed by atoms with E-state index in [1.807, 2.05) is 125 Å². The van der Waals surface area contributed by atoms with E-state index in [1.54, 1.807) is 64.1 Å². The Kier molecular flexibility index (Phi) is 39.1. The minimum atomic E-state index is -4.67. The number of amides is 1. The third kappa shape index (κ3) is 31.7. The molecule has 1 N–H and O–H groups in total. The van der Waals surface area contributed by atoms with E-state index in [1.165, 1.54) is 18.2 Å². The van der Waals surface area contributed by atoms with E-state index < -0.39 is 204 Å². The van der Waals surface area contributed by atoms with Crippen LogP contribution in [0.2, 0.25) is 0 Å². The quantitative estimate of drug-likeness (QED) is 0.00638. The summed E-state index contributed by atoms with van der Waals surface area (Å²) < 4.78 is 149. The van der Waals surface area contributed by atoms with Gasteiger partial charge >= 0.3 is 76.6 Å². The molecule has 0 aromatic heterocycles. The van der Waals surface area contributed by atoms with Crippen LogP contribution in [0.5, 0.6) is 28.7 Å². The number of nitro groups is 4. The Hall–Kier alpha value is -7.83. The molecule has 0 fully saturated rings. The van der Waals surface area contributed by atoms with Gasteiger partial charge in [0, 0.05) is 80.0 Å². The van der Waals surface area contributed by atoms with Crippen molar-refractivity contribution in [3.63, 3.8) is 0 Å². The molecule has 0 spiro atoms. The minimum Gasteiger partial charge on any atom is -0.748 e. The molecule has 1 amide bonds. The first kappa shape index (κ1) is 106. The minimum absolute atomic E-state index is 0.0270. The van der Waals surface area contributed by atoms with E-state index in [4.69, 9.17) is 37.9 Å². The standard InChI is InChI=1S/C27H16I3NO11S.C25H27I3N2O11S.C23H13I3N2O13S/c28-15-12-19(24(30)20(29)13-15)27(34)42-23-11-14(5-7-21(23)31(35)36)25(32)41-22-8-6-18(16-3-1-2-4-17(16)22)26(33)40-9-10-43(37,38)39;1-5-13(10-15-16(26)12-17(27)21(20(15)28)29-24(33)41-25(2,3)4)23(32)40-19-11-14(6-7-18(19)30(34)35)22(31)39-8-9-42(36,37)38;24-13-9-14(20(26)15(25)10-13)23(31)41-19-8-12(1-3-16(19)27(32)33)22(30)40-18-4-2-11(7-17(18)28(34)35)21(29)39-5-6-42(36,37)38/h1-8,11-13H,9-10H2,(H,37,38,39);6-7,11-13H,5,8-10H2,1-4H3,(H,29,33)(H,36,37,38);1-4,7-10H,5-6H2,(H,36,37,38)/p-3. The number of halogens is 9. The highest BCUT2D eigenvalue weighted by Gasteiger charge is 2.33.